The fourth-order valence-corrected chi connectivity index (χ4v) is 0.914. The van der Waals surface area contributed by atoms with Crippen LogP contribution in [0.5, 0.6) is 5.75 Å². The Morgan fingerprint density at radius 3 is 2.71 bits per heavy atom. The van der Waals surface area contributed by atoms with Crippen LogP contribution in [0, 0.1) is 5.92 Å². The van der Waals surface area contributed by atoms with Crippen LogP contribution in [-0.4, -0.2) is 11.1 Å². The molecule has 0 bridgehead atoms. The maximum atomic E-state index is 5.68. The van der Waals surface area contributed by atoms with E-state index in [2.05, 4.69) is 24.3 Å². The first-order chi connectivity index (χ1) is 6.63. The SMILES string of the molecule is CC(C)C(C)Oc1ccnc(NN)c1. The van der Waals surface area contributed by atoms with Gasteiger partial charge in [0.25, 0.3) is 0 Å². The molecule has 0 saturated carbocycles. The molecule has 0 aliphatic heterocycles. The van der Waals surface area contributed by atoms with Crippen LogP contribution in [0.15, 0.2) is 18.3 Å². The molecule has 1 atom stereocenters. The third kappa shape index (κ3) is 2.88. The van der Waals surface area contributed by atoms with Crippen LogP contribution >= 0.6 is 0 Å². The van der Waals surface area contributed by atoms with Gasteiger partial charge in [0.05, 0.1) is 6.10 Å². The molecule has 1 rings (SSSR count). The molecule has 78 valence electrons. The van der Waals surface area contributed by atoms with Gasteiger partial charge in [0, 0.05) is 12.3 Å². The summed E-state index contributed by atoms with van der Waals surface area (Å²) in [4.78, 5) is 3.99. The Morgan fingerprint density at radius 1 is 1.43 bits per heavy atom. The van der Waals surface area contributed by atoms with Gasteiger partial charge in [-0.25, -0.2) is 10.8 Å². The molecular formula is C10H17N3O. The second-order valence-electron chi connectivity index (χ2n) is 3.59. The highest BCUT2D eigenvalue weighted by molar-refractivity contribution is 5.39. The van der Waals surface area contributed by atoms with E-state index >= 15 is 0 Å². The van der Waals surface area contributed by atoms with Crippen LogP contribution in [0.3, 0.4) is 0 Å². The predicted octanol–water partition coefficient (Wildman–Crippen LogP) is 1.79. The van der Waals surface area contributed by atoms with Gasteiger partial charge in [-0.15, -0.1) is 0 Å². The number of aromatic nitrogens is 1. The number of nitrogen functional groups attached to an aromatic ring is 1. The fraction of sp³-hybridized carbons (Fsp3) is 0.500. The van der Waals surface area contributed by atoms with Crippen molar-refractivity contribution in [3.05, 3.63) is 18.3 Å². The number of ether oxygens (including phenoxy) is 1. The van der Waals surface area contributed by atoms with Gasteiger partial charge in [-0.05, 0) is 18.9 Å². The van der Waals surface area contributed by atoms with E-state index in [1.165, 1.54) is 0 Å². The molecule has 0 aromatic carbocycles. The minimum absolute atomic E-state index is 0.183. The average Bonchev–Trinajstić information content (AvgIpc) is 2.18. The number of nitrogens with zero attached hydrogens (tertiary/aromatic N) is 1. The van der Waals surface area contributed by atoms with E-state index in [1.807, 2.05) is 13.0 Å². The quantitative estimate of drug-likeness (QED) is 0.568. The number of pyridine rings is 1. The van der Waals surface area contributed by atoms with Crippen molar-refractivity contribution >= 4 is 5.82 Å². The number of anilines is 1. The van der Waals surface area contributed by atoms with Crippen LogP contribution in [0.4, 0.5) is 5.82 Å². The van der Waals surface area contributed by atoms with Crippen molar-refractivity contribution in [2.24, 2.45) is 11.8 Å². The van der Waals surface area contributed by atoms with Crippen LogP contribution in [0.25, 0.3) is 0 Å². The van der Waals surface area contributed by atoms with E-state index < -0.39 is 0 Å². The number of hydrazine groups is 1. The van der Waals surface area contributed by atoms with Crippen molar-refractivity contribution in [1.82, 2.24) is 4.98 Å². The van der Waals surface area contributed by atoms with E-state index in [0.717, 1.165) is 5.75 Å². The van der Waals surface area contributed by atoms with Crippen molar-refractivity contribution in [2.45, 2.75) is 26.9 Å². The average molecular weight is 195 g/mol. The second-order valence-corrected chi connectivity index (χ2v) is 3.59. The summed E-state index contributed by atoms with van der Waals surface area (Å²) >= 11 is 0. The standard InChI is InChI=1S/C10H17N3O/c1-7(2)8(3)14-9-4-5-12-10(6-9)13-11/h4-8H,11H2,1-3H3,(H,12,13). The van der Waals surface area contributed by atoms with Gasteiger partial charge in [0.15, 0.2) is 0 Å². The molecule has 1 aromatic heterocycles. The molecule has 0 amide bonds. The molecular weight excluding hydrogens is 178 g/mol. The maximum absolute atomic E-state index is 5.68. The van der Waals surface area contributed by atoms with Crippen molar-refractivity contribution in [3.8, 4) is 5.75 Å². The number of hydrogen-bond acceptors (Lipinski definition) is 4. The number of rotatable bonds is 4. The number of nitrogens with one attached hydrogen (secondary N) is 1. The van der Waals surface area contributed by atoms with E-state index in [0.29, 0.717) is 11.7 Å². The lowest BCUT2D eigenvalue weighted by Gasteiger charge is -2.18. The molecule has 0 aliphatic carbocycles. The Morgan fingerprint density at radius 2 is 2.14 bits per heavy atom. The molecule has 0 saturated heterocycles. The van der Waals surface area contributed by atoms with E-state index in [-0.39, 0.29) is 6.10 Å². The summed E-state index contributed by atoms with van der Waals surface area (Å²) in [7, 11) is 0. The maximum Gasteiger partial charge on any atom is 0.143 e. The van der Waals surface area contributed by atoms with Gasteiger partial charge in [-0.1, -0.05) is 13.8 Å². The predicted molar refractivity (Wildman–Crippen MR) is 57.0 cm³/mol. The summed E-state index contributed by atoms with van der Waals surface area (Å²) in [6.45, 7) is 6.28. The van der Waals surface area contributed by atoms with Crippen molar-refractivity contribution in [3.63, 3.8) is 0 Å². The van der Waals surface area contributed by atoms with E-state index in [1.54, 1.807) is 12.3 Å². The molecule has 1 heterocycles. The van der Waals surface area contributed by atoms with Crippen molar-refractivity contribution in [1.29, 1.82) is 0 Å². The molecule has 0 radical (unpaired) electrons. The van der Waals surface area contributed by atoms with Crippen LogP contribution in [0.2, 0.25) is 0 Å². The van der Waals surface area contributed by atoms with Crippen molar-refractivity contribution in [2.75, 3.05) is 5.43 Å². The Labute approximate surface area is 84.4 Å². The first-order valence-corrected chi connectivity index (χ1v) is 4.73. The zero-order chi connectivity index (χ0) is 10.6. The first kappa shape index (κ1) is 10.8. The summed E-state index contributed by atoms with van der Waals surface area (Å²) in [6.07, 6.45) is 1.85. The molecule has 3 N–H and O–H groups in total. The van der Waals surface area contributed by atoms with Crippen LogP contribution < -0.4 is 16.0 Å². The molecule has 4 nitrogen and oxygen atoms in total. The first-order valence-electron chi connectivity index (χ1n) is 4.73. The van der Waals surface area contributed by atoms with Gasteiger partial charge in [0.1, 0.15) is 11.6 Å². The van der Waals surface area contributed by atoms with Gasteiger partial charge in [0.2, 0.25) is 0 Å². The minimum Gasteiger partial charge on any atom is -0.490 e. The van der Waals surface area contributed by atoms with Crippen LogP contribution in [-0.2, 0) is 0 Å². The molecule has 1 unspecified atom stereocenters. The molecule has 14 heavy (non-hydrogen) atoms. The van der Waals surface area contributed by atoms with Gasteiger partial charge >= 0.3 is 0 Å². The fourth-order valence-electron chi connectivity index (χ4n) is 0.914. The normalized spacial score (nSPS) is 12.6. The minimum atomic E-state index is 0.183. The zero-order valence-electron chi connectivity index (χ0n) is 8.82. The highest BCUT2D eigenvalue weighted by Crippen LogP contribution is 2.17. The third-order valence-corrected chi connectivity index (χ3v) is 2.14. The number of hydrogen-bond donors (Lipinski definition) is 2. The molecule has 1 aromatic rings. The Bertz CT molecular complexity index is 288. The Kier molecular flexibility index (Phi) is 3.71. The topological polar surface area (TPSA) is 60.2 Å². The zero-order valence-corrected chi connectivity index (χ0v) is 8.82. The highest BCUT2D eigenvalue weighted by atomic mass is 16.5. The lowest BCUT2D eigenvalue weighted by Crippen LogP contribution is -2.18. The van der Waals surface area contributed by atoms with Crippen LogP contribution in [0.1, 0.15) is 20.8 Å². The largest absolute Gasteiger partial charge is 0.490 e. The van der Waals surface area contributed by atoms with Crippen molar-refractivity contribution < 1.29 is 4.74 Å². The molecule has 0 spiro atoms. The lowest BCUT2D eigenvalue weighted by molar-refractivity contribution is 0.170. The second kappa shape index (κ2) is 4.81. The summed E-state index contributed by atoms with van der Waals surface area (Å²) in [5, 5.41) is 0. The van der Waals surface area contributed by atoms with E-state index in [4.69, 9.17) is 10.6 Å². The monoisotopic (exact) mass is 195 g/mol. The highest BCUT2D eigenvalue weighted by Gasteiger charge is 2.08. The molecule has 0 aliphatic rings. The Hall–Kier alpha value is -1.29. The lowest BCUT2D eigenvalue weighted by atomic mass is 10.1. The summed E-state index contributed by atoms with van der Waals surface area (Å²) in [5.74, 6) is 7.12. The Balaban J connectivity index is 2.66. The van der Waals surface area contributed by atoms with Gasteiger partial charge in [-0.2, -0.15) is 0 Å². The molecule has 4 heteroatoms. The van der Waals surface area contributed by atoms with Gasteiger partial charge < -0.3 is 10.2 Å². The summed E-state index contributed by atoms with van der Waals surface area (Å²) in [6, 6.07) is 3.60. The third-order valence-electron chi connectivity index (χ3n) is 2.14. The smallest absolute Gasteiger partial charge is 0.143 e. The van der Waals surface area contributed by atoms with E-state index in [9.17, 15) is 0 Å². The summed E-state index contributed by atoms with van der Waals surface area (Å²) < 4.78 is 5.68. The number of nitrogens with two attached hydrogens (primary N) is 1. The molecule has 0 fully saturated rings. The van der Waals surface area contributed by atoms with Gasteiger partial charge in [-0.3, -0.25) is 0 Å². The summed E-state index contributed by atoms with van der Waals surface area (Å²) in [5.41, 5.74) is 2.48.